The molecule has 0 bridgehead atoms. The van der Waals surface area contributed by atoms with E-state index in [9.17, 15) is 9.59 Å². The van der Waals surface area contributed by atoms with Crippen molar-refractivity contribution in [3.05, 3.63) is 57.5 Å². The monoisotopic (exact) mass is 436 g/mol. The van der Waals surface area contributed by atoms with E-state index in [1.807, 2.05) is 26.8 Å². The van der Waals surface area contributed by atoms with E-state index in [1.165, 1.54) is 14.2 Å². The van der Waals surface area contributed by atoms with Crippen molar-refractivity contribution in [1.82, 2.24) is 29.5 Å². The minimum Gasteiger partial charge on any atom is -0.493 e. The number of aryl methyl sites for hydroxylation is 2. The number of ether oxygens (including phenoxy) is 2. The van der Waals surface area contributed by atoms with Crippen molar-refractivity contribution < 1.29 is 14.3 Å². The van der Waals surface area contributed by atoms with Crippen LogP contribution < -0.4 is 15.0 Å². The number of aromatic amines is 1. The molecule has 10 heteroatoms. The number of rotatable bonds is 6. The third kappa shape index (κ3) is 3.64. The number of methoxy groups -OCH3 is 2. The van der Waals surface area contributed by atoms with E-state index in [-0.39, 0.29) is 18.0 Å². The van der Waals surface area contributed by atoms with Crippen molar-refractivity contribution in [3.63, 3.8) is 0 Å². The van der Waals surface area contributed by atoms with Gasteiger partial charge in [-0.25, -0.2) is 14.5 Å². The molecule has 0 atom stereocenters. The Morgan fingerprint density at radius 1 is 1.16 bits per heavy atom. The molecule has 32 heavy (non-hydrogen) atoms. The lowest BCUT2D eigenvalue weighted by Gasteiger charge is -2.21. The number of hydrogen-bond acceptors (Lipinski definition) is 7. The first-order chi connectivity index (χ1) is 15.4. The molecule has 0 saturated heterocycles. The molecule has 0 radical (unpaired) electrons. The molecule has 0 aliphatic rings. The van der Waals surface area contributed by atoms with Crippen molar-refractivity contribution in [2.24, 2.45) is 0 Å². The predicted octanol–water partition coefficient (Wildman–Crippen LogP) is 2.26. The number of benzene rings is 1. The summed E-state index contributed by atoms with van der Waals surface area (Å²) in [4.78, 5) is 39.2. The Bertz CT molecular complexity index is 1390. The van der Waals surface area contributed by atoms with E-state index in [0.717, 1.165) is 5.69 Å². The zero-order valence-corrected chi connectivity index (χ0v) is 18.6. The number of fused-ring (bicyclic) bond motifs is 2. The molecular weight excluding hydrogens is 412 g/mol. The number of nitrogens with one attached hydrogen (secondary N) is 1. The van der Waals surface area contributed by atoms with Gasteiger partial charge in [-0.1, -0.05) is 0 Å². The Kier molecular flexibility index (Phi) is 5.52. The average molecular weight is 436 g/mol. The van der Waals surface area contributed by atoms with Gasteiger partial charge in [0.05, 0.1) is 48.6 Å². The molecule has 4 aromatic rings. The van der Waals surface area contributed by atoms with Gasteiger partial charge in [0.1, 0.15) is 5.82 Å². The smallest absolute Gasteiger partial charge is 0.258 e. The molecule has 10 nitrogen and oxygen atoms in total. The second-order valence-corrected chi connectivity index (χ2v) is 7.37. The molecule has 4 rings (SSSR count). The third-order valence-electron chi connectivity index (χ3n) is 5.35. The first-order valence-electron chi connectivity index (χ1n) is 10.1. The normalized spacial score (nSPS) is 11.2. The molecule has 3 aromatic heterocycles. The Labute approximate surface area is 183 Å². The Morgan fingerprint density at radius 3 is 2.56 bits per heavy atom. The van der Waals surface area contributed by atoms with Gasteiger partial charge in [0.2, 0.25) is 0 Å². The molecule has 0 spiro atoms. The lowest BCUT2D eigenvalue weighted by molar-refractivity contribution is 0.0746. The van der Waals surface area contributed by atoms with Crippen LogP contribution in [0.3, 0.4) is 0 Å². The fourth-order valence-electron chi connectivity index (χ4n) is 3.64. The number of H-pyrrole nitrogens is 1. The van der Waals surface area contributed by atoms with Gasteiger partial charge in [-0.15, -0.1) is 0 Å². The molecule has 1 amide bonds. The molecule has 0 aliphatic heterocycles. The molecular formula is C22H24N6O4. The van der Waals surface area contributed by atoms with Gasteiger partial charge in [0, 0.05) is 24.9 Å². The van der Waals surface area contributed by atoms with Crippen molar-refractivity contribution in [3.8, 4) is 11.5 Å². The van der Waals surface area contributed by atoms with Crippen molar-refractivity contribution in [2.45, 2.75) is 27.3 Å². The van der Waals surface area contributed by atoms with Gasteiger partial charge in [0.25, 0.3) is 11.5 Å². The van der Waals surface area contributed by atoms with E-state index < -0.39 is 0 Å². The maximum Gasteiger partial charge on any atom is 0.258 e. The number of carbonyl (C=O) groups is 1. The van der Waals surface area contributed by atoms with Crippen LogP contribution in [-0.4, -0.2) is 56.1 Å². The first kappa shape index (κ1) is 21.3. The quantitative estimate of drug-likeness (QED) is 0.493. The Balaban J connectivity index is 1.69. The van der Waals surface area contributed by atoms with Crippen LogP contribution in [0.25, 0.3) is 16.6 Å². The summed E-state index contributed by atoms with van der Waals surface area (Å²) in [5.41, 5.74) is 2.78. The summed E-state index contributed by atoms with van der Waals surface area (Å²) in [5.74, 6) is 1.06. The van der Waals surface area contributed by atoms with Crippen LogP contribution in [0, 0.1) is 13.8 Å². The van der Waals surface area contributed by atoms with Crippen molar-refractivity contribution in [1.29, 1.82) is 0 Å². The summed E-state index contributed by atoms with van der Waals surface area (Å²) in [6.07, 6.45) is 1.56. The van der Waals surface area contributed by atoms with Crippen LogP contribution in [0.4, 0.5) is 0 Å². The number of nitrogens with zero attached hydrogens (tertiary/aromatic N) is 5. The van der Waals surface area contributed by atoms with Crippen LogP contribution >= 0.6 is 0 Å². The molecule has 1 N–H and O–H groups in total. The summed E-state index contributed by atoms with van der Waals surface area (Å²) in [7, 11) is 3.02. The minimum atomic E-state index is -0.319. The standard InChI is InChI=1S/C22H24N6O4/c1-6-27(22(30)15-10-23-20-7-12(2)26-28(20)13(15)3)11-19-24-16-9-18(32-5)17(31-4)8-14(16)21(29)25-19/h7-10H,6,11H2,1-5H3,(H,24,25,29). The average Bonchev–Trinajstić information content (AvgIpc) is 3.17. The van der Waals surface area contributed by atoms with E-state index in [0.29, 0.717) is 51.7 Å². The second-order valence-electron chi connectivity index (χ2n) is 7.37. The molecule has 3 heterocycles. The number of amides is 1. The highest BCUT2D eigenvalue weighted by atomic mass is 16.5. The maximum absolute atomic E-state index is 13.3. The highest BCUT2D eigenvalue weighted by Gasteiger charge is 2.21. The minimum absolute atomic E-state index is 0.129. The van der Waals surface area contributed by atoms with Crippen LogP contribution in [-0.2, 0) is 6.54 Å². The van der Waals surface area contributed by atoms with E-state index in [2.05, 4.69) is 20.1 Å². The lowest BCUT2D eigenvalue weighted by atomic mass is 10.2. The maximum atomic E-state index is 13.3. The fraction of sp³-hybridized carbons (Fsp3) is 0.318. The van der Waals surface area contributed by atoms with Crippen LogP contribution in [0.15, 0.2) is 29.2 Å². The highest BCUT2D eigenvalue weighted by molar-refractivity contribution is 5.95. The van der Waals surface area contributed by atoms with Gasteiger partial charge < -0.3 is 19.4 Å². The number of hydrogen-bond donors (Lipinski definition) is 1. The molecule has 0 unspecified atom stereocenters. The largest absolute Gasteiger partial charge is 0.493 e. The van der Waals surface area contributed by atoms with Gasteiger partial charge >= 0.3 is 0 Å². The first-order valence-corrected chi connectivity index (χ1v) is 10.1. The second kappa shape index (κ2) is 8.29. The van der Waals surface area contributed by atoms with E-state index in [4.69, 9.17) is 9.47 Å². The summed E-state index contributed by atoms with van der Waals surface area (Å²) >= 11 is 0. The Hall–Kier alpha value is -3.95. The SMILES string of the molecule is CCN(Cc1nc2cc(OC)c(OC)cc2c(=O)[nH]1)C(=O)c1cnc2cc(C)nn2c1C. The van der Waals surface area contributed by atoms with E-state index >= 15 is 0 Å². The fourth-order valence-corrected chi connectivity index (χ4v) is 3.64. The summed E-state index contributed by atoms with van der Waals surface area (Å²) in [6, 6.07) is 5.09. The zero-order valence-electron chi connectivity index (χ0n) is 18.6. The summed E-state index contributed by atoms with van der Waals surface area (Å²) < 4.78 is 12.2. The van der Waals surface area contributed by atoms with Crippen molar-refractivity contribution >= 4 is 22.5 Å². The lowest BCUT2D eigenvalue weighted by Crippen LogP contribution is -2.33. The molecule has 0 saturated carbocycles. The predicted molar refractivity (Wildman–Crippen MR) is 118 cm³/mol. The number of carbonyl (C=O) groups excluding carboxylic acids is 1. The highest BCUT2D eigenvalue weighted by Crippen LogP contribution is 2.30. The molecule has 166 valence electrons. The van der Waals surface area contributed by atoms with Gasteiger partial charge in [-0.2, -0.15) is 5.10 Å². The van der Waals surface area contributed by atoms with Crippen LogP contribution in [0.1, 0.15) is 34.5 Å². The van der Waals surface area contributed by atoms with E-state index in [1.54, 1.807) is 27.7 Å². The summed E-state index contributed by atoms with van der Waals surface area (Å²) in [5, 5.41) is 4.78. The third-order valence-corrected chi connectivity index (χ3v) is 5.35. The Morgan fingerprint density at radius 2 is 1.88 bits per heavy atom. The zero-order chi connectivity index (χ0) is 23.0. The van der Waals surface area contributed by atoms with Gasteiger partial charge in [-0.3, -0.25) is 9.59 Å². The van der Waals surface area contributed by atoms with Gasteiger partial charge in [-0.05, 0) is 26.8 Å². The topological polar surface area (TPSA) is 115 Å². The van der Waals surface area contributed by atoms with Crippen LogP contribution in [0.5, 0.6) is 11.5 Å². The molecule has 0 fully saturated rings. The number of aromatic nitrogens is 5. The molecule has 0 aliphatic carbocycles. The summed E-state index contributed by atoms with van der Waals surface area (Å²) in [6.45, 7) is 6.12. The van der Waals surface area contributed by atoms with Crippen molar-refractivity contribution in [2.75, 3.05) is 20.8 Å². The van der Waals surface area contributed by atoms with Crippen LogP contribution in [0.2, 0.25) is 0 Å². The van der Waals surface area contributed by atoms with Gasteiger partial charge in [0.15, 0.2) is 17.1 Å². The molecule has 1 aromatic carbocycles.